The second kappa shape index (κ2) is 20.2. The van der Waals surface area contributed by atoms with Crippen LogP contribution in [0.5, 0.6) is 0 Å². The lowest BCUT2D eigenvalue weighted by Gasteiger charge is -2.41. The average molecular weight is 745 g/mol. The SMILES string of the molecule is CC[C@H](C)[C@@H]([C@@H](CC(=O)N1CCC[C@H]1[C@H](OC)[C@@H](C)C(=O)N(C)CCc1cccc([N+](=O)[O-])c1)OC)N(C)C(=O)[C@@H](NC(=O)[C@H]1CCCN1C)C(C)C. The normalized spacial score (nSPS) is 21.1. The highest BCUT2D eigenvalue weighted by atomic mass is 16.6. The molecule has 0 unspecified atom stereocenters. The van der Waals surface area contributed by atoms with E-state index in [1.165, 1.54) is 12.1 Å². The number of hydrogen-bond acceptors (Lipinski definition) is 9. The van der Waals surface area contributed by atoms with E-state index in [1.54, 1.807) is 55.1 Å². The van der Waals surface area contributed by atoms with Crippen molar-refractivity contribution in [2.75, 3.05) is 55.0 Å². The van der Waals surface area contributed by atoms with Gasteiger partial charge in [0.1, 0.15) is 6.04 Å². The van der Waals surface area contributed by atoms with E-state index in [9.17, 15) is 29.3 Å². The summed E-state index contributed by atoms with van der Waals surface area (Å²) in [4.78, 5) is 73.1. The van der Waals surface area contributed by atoms with Crippen LogP contribution in [0.25, 0.3) is 0 Å². The van der Waals surface area contributed by atoms with Crippen LogP contribution in [0.4, 0.5) is 5.69 Å². The number of nitrogens with zero attached hydrogens (tertiary/aromatic N) is 5. The van der Waals surface area contributed by atoms with E-state index in [4.69, 9.17) is 9.47 Å². The van der Waals surface area contributed by atoms with Gasteiger partial charge < -0.3 is 29.5 Å². The van der Waals surface area contributed by atoms with Crippen LogP contribution in [0.15, 0.2) is 24.3 Å². The number of non-ortho nitro benzene ring substituents is 1. The summed E-state index contributed by atoms with van der Waals surface area (Å²) in [5.41, 5.74) is 0.773. The number of likely N-dealkylation sites (N-methyl/N-ethyl adjacent to an activating group) is 3. The van der Waals surface area contributed by atoms with Gasteiger partial charge in [-0.3, -0.25) is 34.2 Å². The van der Waals surface area contributed by atoms with E-state index in [0.717, 1.165) is 37.8 Å². The lowest BCUT2D eigenvalue weighted by atomic mass is 9.89. The lowest BCUT2D eigenvalue weighted by Crippen LogP contribution is -2.59. The summed E-state index contributed by atoms with van der Waals surface area (Å²) < 4.78 is 12.0. The number of carbonyl (C=O) groups excluding carboxylic acids is 4. The highest BCUT2D eigenvalue weighted by molar-refractivity contribution is 5.90. The summed E-state index contributed by atoms with van der Waals surface area (Å²) in [7, 11) is 8.50. The van der Waals surface area contributed by atoms with Crippen LogP contribution in [0.3, 0.4) is 0 Å². The average Bonchev–Trinajstić information content (AvgIpc) is 3.81. The number of likely N-dealkylation sites (tertiary alicyclic amines) is 2. The van der Waals surface area contributed by atoms with Crippen molar-refractivity contribution in [2.24, 2.45) is 17.8 Å². The highest BCUT2D eigenvalue weighted by Crippen LogP contribution is 2.30. The zero-order valence-corrected chi connectivity index (χ0v) is 33.6. The third-order valence-corrected chi connectivity index (χ3v) is 11.5. The molecule has 0 saturated carbocycles. The Morgan fingerprint density at radius 2 is 1.70 bits per heavy atom. The molecule has 2 heterocycles. The smallest absolute Gasteiger partial charge is 0.269 e. The zero-order chi connectivity index (χ0) is 39.6. The molecule has 2 fully saturated rings. The summed E-state index contributed by atoms with van der Waals surface area (Å²) in [6.07, 6.45) is 3.20. The van der Waals surface area contributed by atoms with Crippen molar-refractivity contribution in [3.8, 4) is 0 Å². The molecule has 3 rings (SSSR count). The first-order valence-corrected chi connectivity index (χ1v) is 19.2. The maximum absolute atomic E-state index is 14.2. The number of nitro groups is 1. The molecule has 298 valence electrons. The molecule has 0 aromatic heterocycles. The summed E-state index contributed by atoms with van der Waals surface area (Å²) in [6, 6.07) is 4.65. The van der Waals surface area contributed by atoms with Crippen LogP contribution < -0.4 is 5.32 Å². The summed E-state index contributed by atoms with van der Waals surface area (Å²) in [5, 5.41) is 14.2. The molecule has 1 aromatic carbocycles. The fourth-order valence-electron chi connectivity index (χ4n) is 8.10. The van der Waals surface area contributed by atoms with Crippen molar-refractivity contribution in [1.29, 1.82) is 0 Å². The third kappa shape index (κ3) is 11.0. The first kappa shape index (κ1) is 43.8. The number of amides is 4. The molecule has 2 aliphatic heterocycles. The quantitative estimate of drug-likeness (QED) is 0.165. The molecule has 0 radical (unpaired) electrons. The molecule has 14 nitrogen and oxygen atoms in total. The fraction of sp³-hybridized carbons (Fsp3) is 0.744. The predicted molar refractivity (Wildman–Crippen MR) is 203 cm³/mol. The van der Waals surface area contributed by atoms with Crippen molar-refractivity contribution >= 4 is 29.3 Å². The molecule has 0 bridgehead atoms. The van der Waals surface area contributed by atoms with Gasteiger partial charge in [0, 0.05) is 53.5 Å². The Morgan fingerprint density at radius 3 is 2.26 bits per heavy atom. The van der Waals surface area contributed by atoms with Gasteiger partial charge in [-0.2, -0.15) is 0 Å². The molecule has 1 N–H and O–H groups in total. The van der Waals surface area contributed by atoms with Crippen molar-refractivity contribution < 1.29 is 33.6 Å². The second-order valence-electron chi connectivity index (χ2n) is 15.4. The maximum atomic E-state index is 14.2. The monoisotopic (exact) mass is 744 g/mol. The highest BCUT2D eigenvalue weighted by Gasteiger charge is 2.43. The first-order valence-electron chi connectivity index (χ1n) is 19.2. The number of nitro benzene ring substituents is 1. The van der Waals surface area contributed by atoms with Gasteiger partial charge in [0.2, 0.25) is 23.6 Å². The van der Waals surface area contributed by atoms with Gasteiger partial charge in [0.05, 0.1) is 47.6 Å². The van der Waals surface area contributed by atoms with Gasteiger partial charge >= 0.3 is 0 Å². The third-order valence-electron chi connectivity index (χ3n) is 11.5. The van der Waals surface area contributed by atoms with E-state index in [-0.39, 0.29) is 59.7 Å². The van der Waals surface area contributed by atoms with E-state index >= 15 is 0 Å². The van der Waals surface area contributed by atoms with Crippen molar-refractivity contribution in [1.82, 2.24) is 24.9 Å². The Hall–Kier alpha value is -3.62. The van der Waals surface area contributed by atoms with Crippen LogP contribution in [-0.4, -0.2) is 140 Å². The number of rotatable bonds is 19. The zero-order valence-electron chi connectivity index (χ0n) is 33.6. The molecule has 0 spiro atoms. The van der Waals surface area contributed by atoms with Gasteiger partial charge in [-0.1, -0.05) is 53.2 Å². The van der Waals surface area contributed by atoms with Crippen LogP contribution in [0, 0.1) is 27.9 Å². The molecule has 2 aliphatic rings. The van der Waals surface area contributed by atoms with Crippen molar-refractivity contribution in [3.63, 3.8) is 0 Å². The fourth-order valence-corrected chi connectivity index (χ4v) is 8.10. The Balaban J connectivity index is 1.73. The summed E-state index contributed by atoms with van der Waals surface area (Å²) >= 11 is 0. The number of carbonyl (C=O) groups is 4. The second-order valence-corrected chi connectivity index (χ2v) is 15.4. The van der Waals surface area contributed by atoms with E-state index in [0.29, 0.717) is 25.9 Å². The summed E-state index contributed by atoms with van der Waals surface area (Å²) in [5.74, 6) is -1.35. The van der Waals surface area contributed by atoms with Crippen LogP contribution in [-0.2, 0) is 35.1 Å². The molecular weight excluding hydrogens is 680 g/mol. The van der Waals surface area contributed by atoms with Crippen LogP contribution in [0.2, 0.25) is 0 Å². The number of benzene rings is 1. The lowest BCUT2D eigenvalue weighted by molar-refractivity contribution is -0.384. The molecule has 53 heavy (non-hydrogen) atoms. The van der Waals surface area contributed by atoms with E-state index in [1.807, 2.05) is 46.6 Å². The Morgan fingerprint density at radius 1 is 1.02 bits per heavy atom. The standard InChI is InChI=1S/C39H64N6O8/c1-11-26(4)35(43(8)39(49)34(25(2)3)40-37(47)31-18-13-20-41(31)6)32(52-9)24-33(46)44-21-14-17-30(44)36(53-10)27(5)38(48)42(7)22-19-28-15-12-16-29(23-28)45(50)51/h12,15-16,23,25-27,30-32,34-36H,11,13-14,17-22,24H2,1-10H3,(H,40,47)/t26-,27+,30-,31+,32+,34-,35-,36+/m0/s1. The van der Waals surface area contributed by atoms with Gasteiger partial charge in [0.25, 0.3) is 5.69 Å². The first-order chi connectivity index (χ1) is 25.1. The Bertz CT molecular complexity index is 1410. The van der Waals surface area contributed by atoms with Crippen LogP contribution in [0.1, 0.15) is 78.7 Å². The van der Waals surface area contributed by atoms with Gasteiger partial charge in [0.15, 0.2) is 0 Å². The molecule has 0 aliphatic carbocycles. The predicted octanol–water partition coefficient (Wildman–Crippen LogP) is 3.75. The molecular formula is C39H64N6O8. The van der Waals surface area contributed by atoms with Gasteiger partial charge in [-0.05, 0) is 63.1 Å². The molecule has 8 atom stereocenters. The molecule has 14 heteroatoms. The topological polar surface area (TPSA) is 155 Å². The number of hydrogen-bond donors (Lipinski definition) is 1. The number of nitrogens with one attached hydrogen (secondary N) is 1. The minimum Gasteiger partial charge on any atom is -0.379 e. The molecule has 1 aromatic rings. The molecule has 2 saturated heterocycles. The summed E-state index contributed by atoms with van der Waals surface area (Å²) in [6.45, 7) is 11.5. The van der Waals surface area contributed by atoms with E-state index in [2.05, 4.69) is 5.32 Å². The minimum absolute atomic E-state index is 0.00993. The minimum atomic E-state index is -0.727. The van der Waals surface area contributed by atoms with Crippen molar-refractivity contribution in [2.45, 2.75) is 116 Å². The maximum Gasteiger partial charge on any atom is 0.269 e. The van der Waals surface area contributed by atoms with Crippen molar-refractivity contribution in [3.05, 3.63) is 39.9 Å². The number of methoxy groups -OCH3 is 2. The Labute approximate surface area is 316 Å². The van der Waals surface area contributed by atoms with Gasteiger partial charge in [-0.15, -0.1) is 0 Å². The van der Waals surface area contributed by atoms with Gasteiger partial charge in [-0.25, -0.2) is 0 Å². The van der Waals surface area contributed by atoms with Crippen LogP contribution >= 0.6 is 0 Å². The number of ether oxygens (including phenoxy) is 2. The molecule has 4 amide bonds. The largest absolute Gasteiger partial charge is 0.379 e. The van der Waals surface area contributed by atoms with E-state index < -0.39 is 35.1 Å². The Kier molecular flexibility index (Phi) is 16.7.